The lowest BCUT2D eigenvalue weighted by Crippen LogP contribution is -2.11. The van der Waals surface area contributed by atoms with Gasteiger partial charge in [0.15, 0.2) is 0 Å². The summed E-state index contributed by atoms with van der Waals surface area (Å²) in [6.07, 6.45) is 0.464. The number of anilines is 1. The molecule has 0 aliphatic carbocycles. The average Bonchev–Trinajstić information content (AvgIpc) is 2.32. The lowest BCUT2D eigenvalue weighted by atomic mass is 10.3. The van der Waals surface area contributed by atoms with Gasteiger partial charge in [0.1, 0.15) is 12.4 Å². The number of amides is 1. The Labute approximate surface area is 109 Å². The van der Waals surface area contributed by atoms with Gasteiger partial charge in [-0.3, -0.25) is 4.79 Å². The monoisotopic (exact) mass is 301 g/mol. The molecule has 17 heavy (non-hydrogen) atoms. The fourth-order valence-corrected chi connectivity index (χ4v) is 1.55. The molecule has 0 radical (unpaired) electrons. The third kappa shape index (κ3) is 5.70. The lowest BCUT2D eigenvalue weighted by Gasteiger charge is -2.07. The molecule has 1 N–H and O–H groups in total. The summed E-state index contributed by atoms with van der Waals surface area (Å²) in [5.74, 6) is 0.760. The zero-order valence-corrected chi connectivity index (χ0v) is 11.3. The Morgan fingerprint density at radius 1 is 1.29 bits per heavy atom. The SMILES string of the molecule is COCCOc1ccc(NC(=O)CCBr)cc1. The van der Waals surface area contributed by atoms with Crippen molar-refractivity contribution in [3.63, 3.8) is 0 Å². The standard InChI is InChI=1S/C12H16BrNO3/c1-16-8-9-17-11-4-2-10(3-5-11)14-12(15)6-7-13/h2-5H,6-9H2,1H3,(H,14,15). The zero-order chi connectivity index (χ0) is 12.5. The molecule has 0 saturated heterocycles. The van der Waals surface area contributed by atoms with Crippen molar-refractivity contribution in [3.8, 4) is 5.75 Å². The van der Waals surface area contributed by atoms with Gasteiger partial charge in [0.2, 0.25) is 5.91 Å². The lowest BCUT2D eigenvalue weighted by molar-refractivity contribution is -0.115. The molecular weight excluding hydrogens is 286 g/mol. The molecule has 0 heterocycles. The van der Waals surface area contributed by atoms with E-state index in [0.29, 0.717) is 25.0 Å². The maximum absolute atomic E-state index is 11.3. The molecule has 0 spiro atoms. The molecule has 94 valence electrons. The van der Waals surface area contributed by atoms with E-state index in [4.69, 9.17) is 9.47 Å². The minimum Gasteiger partial charge on any atom is -0.491 e. The first kappa shape index (κ1) is 14.0. The van der Waals surface area contributed by atoms with Gasteiger partial charge >= 0.3 is 0 Å². The number of halogens is 1. The molecule has 0 aliphatic heterocycles. The van der Waals surface area contributed by atoms with E-state index in [9.17, 15) is 4.79 Å². The second-order valence-corrected chi connectivity index (χ2v) is 4.15. The first-order valence-corrected chi connectivity index (χ1v) is 6.46. The highest BCUT2D eigenvalue weighted by Gasteiger charge is 2.01. The van der Waals surface area contributed by atoms with Crippen LogP contribution in [0.15, 0.2) is 24.3 Å². The van der Waals surface area contributed by atoms with E-state index in [0.717, 1.165) is 11.4 Å². The maximum Gasteiger partial charge on any atom is 0.225 e. The number of hydrogen-bond acceptors (Lipinski definition) is 3. The average molecular weight is 302 g/mol. The highest BCUT2D eigenvalue weighted by atomic mass is 79.9. The van der Waals surface area contributed by atoms with E-state index in [1.807, 2.05) is 24.3 Å². The van der Waals surface area contributed by atoms with Gasteiger partial charge in [0.05, 0.1) is 6.61 Å². The Morgan fingerprint density at radius 2 is 2.00 bits per heavy atom. The molecule has 0 saturated carbocycles. The fraction of sp³-hybridized carbons (Fsp3) is 0.417. The molecule has 1 aromatic rings. The van der Waals surface area contributed by atoms with E-state index >= 15 is 0 Å². The summed E-state index contributed by atoms with van der Waals surface area (Å²) in [4.78, 5) is 11.3. The topological polar surface area (TPSA) is 47.6 Å². The van der Waals surface area contributed by atoms with Crippen LogP contribution in [0.2, 0.25) is 0 Å². The van der Waals surface area contributed by atoms with Crippen molar-refractivity contribution in [2.24, 2.45) is 0 Å². The number of hydrogen-bond donors (Lipinski definition) is 1. The number of carbonyl (C=O) groups is 1. The first-order chi connectivity index (χ1) is 8.26. The van der Waals surface area contributed by atoms with Crippen molar-refractivity contribution in [1.82, 2.24) is 0 Å². The van der Waals surface area contributed by atoms with Gasteiger partial charge in [0, 0.05) is 24.5 Å². The Hall–Kier alpha value is -1.07. The maximum atomic E-state index is 11.3. The van der Waals surface area contributed by atoms with Crippen molar-refractivity contribution in [2.75, 3.05) is 31.0 Å². The van der Waals surface area contributed by atoms with Gasteiger partial charge in [0.25, 0.3) is 0 Å². The second-order valence-electron chi connectivity index (χ2n) is 3.35. The van der Waals surface area contributed by atoms with Crippen LogP contribution >= 0.6 is 15.9 Å². The Balaban J connectivity index is 2.41. The van der Waals surface area contributed by atoms with Crippen LogP contribution in [0.1, 0.15) is 6.42 Å². The Kier molecular flexibility index (Phi) is 6.65. The summed E-state index contributed by atoms with van der Waals surface area (Å²) in [5, 5.41) is 3.45. The van der Waals surface area contributed by atoms with Crippen LogP contribution in [0.3, 0.4) is 0 Å². The number of ether oxygens (including phenoxy) is 2. The minimum absolute atomic E-state index is 0.00470. The van der Waals surface area contributed by atoms with Crippen molar-refractivity contribution in [1.29, 1.82) is 0 Å². The molecule has 1 aromatic carbocycles. The molecule has 0 fully saturated rings. The number of methoxy groups -OCH3 is 1. The van der Waals surface area contributed by atoms with E-state index in [1.165, 1.54) is 0 Å². The summed E-state index contributed by atoms with van der Waals surface area (Å²) >= 11 is 3.22. The van der Waals surface area contributed by atoms with Crippen molar-refractivity contribution in [2.45, 2.75) is 6.42 Å². The van der Waals surface area contributed by atoms with Crippen molar-refractivity contribution in [3.05, 3.63) is 24.3 Å². The van der Waals surface area contributed by atoms with E-state index in [1.54, 1.807) is 7.11 Å². The van der Waals surface area contributed by atoms with Crippen LogP contribution in [-0.2, 0) is 9.53 Å². The number of alkyl halides is 1. The molecule has 0 aliphatic rings. The number of benzene rings is 1. The molecule has 1 rings (SSSR count). The van der Waals surface area contributed by atoms with E-state index < -0.39 is 0 Å². The molecule has 0 bridgehead atoms. The van der Waals surface area contributed by atoms with Crippen LogP contribution in [-0.4, -0.2) is 31.6 Å². The molecule has 1 amide bonds. The molecule has 0 atom stereocenters. The summed E-state index contributed by atoms with van der Waals surface area (Å²) in [6, 6.07) is 7.27. The molecule has 4 nitrogen and oxygen atoms in total. The van der Waals surface area contributed by atoms with Crippen LogP contribution < -0.4 is 10.1 Å². The fourth-order valence-electron chi connectivity index (χ4n) is 1.19. The smallest absolute Gasteiger partial charge is 0.225 e. The molecule has 0 unspecified atom stereocenters. The third-order valence-electron chi connectivity index (χ3n) is 2.02. The van der Waals surface area contributed by atoms with Gasteiger partial charge in [-0.15, -0.1) is 0 Å². The normalized spacial score (nSPS) is 10.0. The zero-order valence-electron chi connectivity index (χ0n) is 9.74. The summed E-state index contributed by atoms with van der Waals surface area (Å²) in [6.45, 7) is 1.08. The van der Waals surface area contributed by atoms with Crippen LogP contribution in [0, 0.1) is 0 Å². The largest absolute Gasteiger partial charge is 0.491 e. The van der Waals surface area contributed by atoms with Gasteiger partial charge < -0.3 is 14.8 Å². The number of carbonyl (C=O) groups excluding carboxylic acids is 1. The highest BCUT2D eigenvalue weighted by Crippen LogP contribution is 2.15. The number of rotatable bonds is 7. The Bertz CT molecular complexity index is 340. The van der Waals surface area contributed by atoms with Gasteiger partial charge in [-0.1, -0.05) is 15.9 Å². The first-order valence-electron chi connectivity index (χ1n) is 5.34. The van der Waals surface area contributed by atoms with Crippen LogP contribution in [0.25, 0.3) is 0 Å². The van der Waals surface area contributed by atoms with Crippen molar-refractivity contribution >= 4 is 27.5 Å². The molecule has 5 heteroatoms. The molecule has 0 aromatic heterocycles. The predicted molar refractivity (Wildman–Crippen MR) is 70.9 cm³/mol. The quantitative estimate of drug-likeness (QED) is 0.621. The van der Waals surface area contributed by atoms with Crippen molar-refractivity contribution < 1.29 is 14.3 Å². The summed E-state index contributed by atoms with van der Waals surface area (Å²) < 4.78 is 10.3. The van der Waals surface area contributed by atoms with Gasteiger partial charge in [-0.05, 0) is 24.3 Å². The van der Waals surface area contributed by atoms with Gasteiger partial charge in [-0.2, -0.15) is 0 Å². The van der Waals surface area contributed by atoms with E-state index in [2.05, 4.69) is 21.2 Å². The highest BCUT2D eigenvalue weighted by molar-refractivity contribution is 9.09. The predicted octanol–water partition coefficient (Wildman–Crippen LogP) is 2.44. The minimum atomic E-state index is -0.00470. The summed E-state index contributed by atoms with van der Waals surface area (Å²) in [7, 11) is 1.63. The Morgan fingerprint density at radius 3 is 2.59 bits per heavy atom. The number of nitrogens with one attached hydrogen (secondary N) is 1. The van der Waals surface area contributed by atoms with Gasteiger partial charge in [-0.25, -0.2) is 0 Å². The van der Waals surface area contributed by atoms with Crippen LogP contribution in [0.4, 0.5) is 5.69 Å². The molecular formula is C12H16BrNO3. The second kappa shape index (κ2) is 8.08. The van der Waals surface area contributed by atoms with E-state index in [-0.39, 0.29) is 5.91 Å². The summed E-state index contributed by atoms with van der Waals surface area (Å²) in [5.41, 5.74) is 0.773. The van der Waals surface area contributed by atoms with Crippen LogP contribution in [0.5, 0.6) is 5.75 Å². The third-order valence-corrected chi connectivity index (χ3v) is 2.41.